The molecule has 0 radical (unpaired) electrons. The standard InChI is InChI=1S/C23H24N6O2S/c1-13(2)29-20-16(12-24-29)15(11-14(3)25-20)22(31)28-10-6-8-18(28)21(30)27-23-26-17-7-4-5-9-19(17)32-23/h4-5,7,9,11-13,18H,6,8,10H2,1-3H3,(H,26,27,30). The van der Waals surface area contributed by atoms with E-state index in [0.29, 0.717) is 34.7 Å². The Morgan fingerprint density at radius 1 is 1.22 bits per heavy atom. The third-order valence-corrected chi connectivity index (χ3v) is 6.71. The number of fused-ring (bicyclic) bond motifs is 2. The number of nitrogens with one attached hydrogen (secondary N) is 1. The molecule has 4 aromatic rings. The van der Waals surface area contributed by atoms with E-state index in [-0.39, 0.29) is 17.9 Å². The molecule has 5 rings (SSSR count). The van der Waals surface area contributed by atoms with E-state index >= 15 is 0 Å². The number of aryl methyl sites for hydroxylation is 1. The smallest absolute Gasteiger partial charge is 0.255 e. The maximum atomic E-state index is 13.6. The van der Waals surface area contributed by atoms with Crippen molar-refractivity contribution in [2.24, 2.45) is 0 Å². The number of carbonyl (C=O) groups excluding carboxylic acids is 2. The molecule has 32 heavy (non-hydrogen) atoms. The van der Waals surface area contributed by atoms with Crippen molar-refractivity contribution in [3.8, 4) is 0 Å². The van der Waals surface area contributed by atoms with Gasteiger partial charge in [0.15, 0.2) is 10.8 Å². The van der Waals surface area contributed by atoms with Crippen molar-refractivity contribution in [2.75, 3.05) is 11.9 Å². The molecule has 164 valence electrons. The number of hydrogen-bond acceptors (Lipinski definition) is 6. The topological polar surface area (TPSA) is 93.0 Å². The fourth-order valence-electron chi connectivity index (χ4n) is 4.25. The highest BCUT2D eigenvalue weighted by Gasteiger charge is 2.36. The molecule has 1 N–H and O–H groups in total. The number of anilines is 1. The van der Waals surface area contributed by atoms with Crippen LogP contribution in [0.4, 0.5) is 5.13 Å². The van der Waals surface area contributed by atoms with E-state index in [9.17, 15) is 9.59 Å². The number of likely N-dealkylation sites (tertiary alicyclic amines) is 1. The van der Waals surface area contributed by atoms with Gasteiger partial charge in [-0.15, -0.1) is 0 Å². The van der Waals surface area contributed by atoms with Crippen LogP contribution in [0.15, 0.2) is 36.5 Å². The molecule has 1 atom stereocenters. The molecule has 0 aliphatic carbocycles. The van der Waals surface area contributed by atoms with Gasteiger partial charge in [-0.25, -0.2) is 14.6 Å². The summed E-state index contributed by atoms with van der Waals surface area (Å²) in [5, 5.41) is 8.62. The number of carbonyl (C=O) groups is 2. The summed E-state index contributed by atoms with van der Waals surface area (Å²) >= 11 is 1.43. The molecule has 2 amide bonds. The Labute approximate surface area is 189 Å². The highest BCUT2D eigenvalue weighted by Crippen LogP contribution is 2.29. The molecule has 1 aliphatic heterocycles. The normalized spacial score (nSPS) is 16.4. The molecule has 4 heterocycles. The minimum Gasteiger partial charge on any atom is -0.327 e. The van der Waals surface area contributed by atoms with Gasteiger partial charge in [0.1, 0.15) is 6.04 Å². The van der Waals surface area contributed by atoms with Crippen LogP contribution in [-0.2, 0) is 4.79 Å². The molecular formula is C23H24N6O2S. The van der Waals surface area contributed by atoms with Gasteiger partial charge in [-0.3, -0.25) is 9.59 Å². The number of thiazole rings is 1. The third-order valence-electron chi connectivity index (χ3n) is 5.75. The van der Waals surface area contributed by atoms with Crippen LogP contribution in [0.3, 0.4) is 0 Å². The zero-order valence-corrected chi connectivity index (χ0v) is 19.0. The Morgan fingerprint density at radius 2 is 2.03 bits per heavy atom. The molecule has 8 nitrogen and oxygen atoms in total. The molecule has 1 fully saturated rings. The van der Waals surface area contributed by atoms with Gasteiger partial charge in [0.05, 0.1) is 27.4 Å². The summed E-state index contributed by atoms with van der Waals surface area (Å²) in [5.41, 5.74) is 2.83. The number of nitrogens with zero attached hydrogens (tertiary/aromatic N) is 5. The van der Waals surface area contributed by atoms with E-state index in [2.05, 4.69) is 20.4 Å². The summed E-state index contributed by atoms with van der Waals surface area (Å²) in [4.78, 5) is 37.4. The number of amides is 2. The van der Waals surface area contributed by atoms with Gasteiger partial charge in [0.2, 0.25) is 5.91 Å². The van der Waals surface area contributed by atoms with Crippen molar-refractivity contribution in [1.82, 2.24) is 24.6 Å². The Kier molecular flexibility index (Phi) is 5.13. The number of benzene rings is 1. The van der Waals surface area contributed by atoms with Crippen LogP contribution >= 0.6 is 11.3 Å². The van der Waals surface area contributed by atoms with Gasteiger partial charge < -0.3 is 10.2 Å². The molecule has 1 unspecified atom stereocenters. The molecule has 0 saturated carbocycles. The zero-order chi connectivity index (χ0) is 22.4. The third kappa shape index (κ3) is 3.52. The Balaban J connectivity index is 1.43. The van der Waals surface area contributed by atoms with Crippen LogP contribution < -0.4 is 5.32 Å². The van der Waals surface area contributed by atoms with Gasteiger partial charge in [-0.05, 0) is 51.8 Å². The molecule has 9 heteroatoms. The fourth-order valence-corrected chi connectivity index (χ4v) is 5.12. The van der Waals surface area contributed by atoms with E-state index in [4.69, 9.17) is 0 Å². The van der Waals surface area contributed by atoms with Crippen LogP contribution in [0.5, 0.6) is 0 Å². The fraction of sp³-hybridized carbons (Fsp3) is 0.348. The molecule has 0 bridgehead atoms. The van der Waals surface area contributed by atoms with Gasteiger partial charge in [-0.1, -0.05) is 23.5 Å². The lowest BCUT2D eigenvalue weighted by Gasteiger charge is -2.24. The second-order valence-electron chi connectivity index (χ2n) is 8.36. The highest BCUT2D eigenvalue weighted by atomic mass is 32.1. The number of para-hydroxylation sites is 1. The van der Waals surface area contributed by atoms with Crippen molar-refractivity contribution >= 4 is 49.5 Å². The van der Waals surface area contributed by atoms with Crippen LogP contribution in [0.2, 0.25) is 0 Å². The summed E-state index contributed by atoms with van der Waals surface area (Å²) in [6, 6.07) is 9.15. The molecule has 3 aromatic heterocycles. The van der Waals surface area contributed by atoms with Crippen LogP contribution in [0, 0.1) is 6.92 Å². The van der Waals surface area contributed by atoms with Crippen molar-refractivity contribution in [3.63, 3.8) is 0 Å². The average molecular weight is 449 g/mol. The summed E-state index contributed by atoms with van der Waals surface area (Å²) < 4.78 is 2.83. The number of hydrogen-bond donors (Lipinski definition) is 1. The first kappa shape index (κ1) is 20.6. The number of pyridine rings is 1. The minimum atomic E-state index is -0.529. The van der Waals surface area contributed by atoms with E-state index in [1.165, 1.54) is 11.3 Å². The molecular weight excluding hydrogens is 424 g/mol. The first-order chi connectivity index (χ1) is 15.4. The summed E-state index contributed by atoms with van der Waals surface area (Å²) in [7, 11) is 0. The first-order valence-electron chi connectivity index (χ1n) is 10.7. The van der Waals surface area contributed by atoms with Gasteiger partial charge in [0, 0.05) is 18.3 Å². The molecule has 1 aliphatic rings. The maximum absolute atomic E-state index is 13.6. The van der Waals surface area contributed by atoms with Crippen molar-refractivity contribution in [3.05, 3.63) is 47.8 Å². The van der Waals surface area contributed by atoms with Gasteiger partial charge in [0.25, 0.3) is 5.91 Å². The average Bonchev–Trinajstić information content (AvgIpc) is 3.49. The maximum Gasteiger partial charge on any atom is 0.255 e. The Hall–Kier alpha value is -3.33. The van der Waals surface area contributed by atoms with E-state index < -0.39 is 6.04 Å². The quantitative estimate of drug-likeness (QED) is 0.506. The first-order valence-corrected chi connectivity index (χ1v) is 11.6. The zero-order valence-electron chi connectivity index (χ0n) is 18.2. The highest BCUT2D eigenvalue weighted by molar-refractivity contribution is 7.22. The van der Waals surface area contributed by atoms with Crippen molar-refractivity contribution in [2.45, 2.75) is 45.7 Å². The lowest BCUT2D eigenvalue weighted by atomic mass is 10.1. The van der Waals surface area contributed by atoms with Crippen molar-refractivity contribution in [1.29, 1.82) is 0 Å². The Morgan fingerprint density at radius 3 is 2.81 bits per heavy atom. The van der Waals surface area contributed by atoms with E-state index in [1.54, 1.807) is 17.2 Å². The lowest BCUT2D eigenvalue weighted by molar-refractivity contribution is -0.119. The second kappa shape index (κ2) is 7.98. The Bertz CT molecular complexity index is 1310. The van der Waals surface area contributed by atoms with Gasteiger partial charge in [-0.2, -0.15) is 5.10 Å². The predicted molar refractivity (Wildman–Crippen MR) is 125 cm³/mol. The van der Waals surface area contributed by atoms with E-state index in [0.717, 1.165) is 22.3 Å². The molecule has 1 aromatic carbocycles. The minimum absolute atomic E-state index is 0.129. The van der Waals surface area contributed by atoms with Crippen LogP contribution in [0.1, 0.15) is 48.8 Å². The SMILES string of the molecule is Cc1cc(C(=O)N2CCCC2C(=O)Nc2nc3ccccc3s2)c2cnn(C(C)C)c2n1. The number of aromatic nitrogens is 4. The summed E-state index contributed by atoms with van der Waals surface area (Å²) in [6.07, 6.45) is 3.10. The van der Waals surface area contributed by atoms with Gasteiger partial charge >= 0.3 is 0 Å². The lowest BCUT2D eigenvalue weighted by Crippen LogP contribution is -2.43. The molecule has 0 spiro atoms. The number of rotatable bonds is 4. The summed E-state index contributed by atoms with van der Waals surface area (Å²) in [5.74, 6) is -0.361. The summed E-state index contributed by atoms with van der Waals surface area (Å²) in [6.45, 7) is 6.47. The largest absolute Gasteiger partial charge is 0.327 e. The molecule has 1 saturated heterocycles. The van der Waals surface area contributed by atoms with Crippen LogP contribution in [0.25, 0.3) is 21.3 Å². The van der Waals surface area contributed by atoms with Crippen LogP contribution in [-0.4, -0.2) is 49.0 Å². The predicted octanol–water partition coefficient (Wildman–Crippen LogP) is 4.17. The monoisotopic (exact) mass is 448 g/mol. The van der Waals surface area contributed by atoms with Crippen molar-refractivity contribution < 1.29 is 9.59 Å². The van der Waals surface area contributed by atoms with E-state index in [1.807, 2.05) is 49.7 Å². The second-order valence-corrected chi connectivity index (χ2v) is 9.39.